The number of ether oxygens (including phenoxy) is 1. The third kappa shape index (κ3) is 2.80. The molecule has 106 valence electrons. The van der Waals surface area contributed by atoms with Gasteiger partial charge in [-0.25, -0.2) is 0 Å². The van der Waals surface area contributed by atoms with Crippen LogP contribution in [0.5, 0.6) is 0 Å². The van der Waals surface area contributed by atoms with Gasteiger partial charge in [-0.1, -0.05) is 19.3 Å². The third-order valence-corrected chi connectivity index (χ3v) is 4.23. The van der Waals surface area contributed by atoms with E-state index in [0.29, 0.717) is 18.7 Å². The van der Waals surface area contributed by atoms with Crippen LogP contribution in [0.2, 0.25) is 0 Å². The summed E-state index contributed by atoms with van der Waals surface area (Å²) in [5.74, 6) is -0.277. The maximum Gasteiger partial charge on any atom is 0.331 e. The Morgan fingerprint density at radius 3 is 1.95 bits per heavy atom. The van der Waals surface area contributed by atoms with Crippen LogP contribution < -0.4 is 0 Å². The molecule has 2 heterocycles. The van der Waals surface area contributed by atoms with Gasteiger partial charge < -0.3 is 9.64 Å². The maximum atomic E-state index is 11.0. The number of cyclic esters (lactones) is 2. The lowest BCUT2D eigenvalue weighted by Crippen LogP contribution is -2.54. The Balaban J connectivity index is 0.000000148. The molecular weight excluding hydrogens is 246 g/mol. The van der Waals surface area contributed by atoms with Gasteiger partial charge in [-0.2, -0.15) is 0 Å². The van der Waals surface area contributed by atoms with Gasteiger partial charge in [0.2, 0.25) is 5.91 Å². The summed E-state index contributed by atoms with van der Waals surface area (Å²) in [4.78, 5) is 34.5. The van der Waals surface area contributed by atoms with Crippen molar-refractivity contribution in [1.29, 1.82) is 0 Å². The van der Waals surface area contributed by atoms with E-state index in [0.717, 1.165) is 38.6 Å². The molecule has 0 aromatic carbocycles. The lowest BCUT2D eigenvalue weighted by atomic mass is 9.71. The zero-order valence-electron chi connectivity index (χ0n) is 11.4. The molecule has 0 N–H and O–H groups in total. The van der Waals surface area contributed by atoms with Crippen LogP contribution >= 0.6 is 0 Å². The number of carbonyl (C=O) groups excluding carboxylic acids is 3. The summed E-state index contributed by atoms with van der Waals surface area (Å²) in [7, 11) is 1.86. The van der Waals surface area contributed by atoms with Crippen LogP contribution in [-0.2, 0) is 19.1 Å². The van der Waals surface area contributed by atoms with Crippen molar-refractivity contribution >= 4 is 17.8 Å². The van der Waals surface area contributed by atoms with Gasteiger partial charge in [0, 0.05) is 20.0 Å². The topological polar surface area (TPSA) is 63.7 Å². The molecule has 0 bridgehead atoms. The van der Waals surface area contributed by atoms with Crippen molar-refractivity contribution in [3.8, 4) is 0 Å². The second-order valence-electron chi connectivity index (χ2n) is 5.59. The molecule has 0 atom stereocenters. The highest BCUT2D eigenvalue weighted by Crippen LogP contribution is 2.44. The Morgan fingerprint density at radius 2 is 1.58 bits per heavy atom. The molecule has 2 saturated heterocycles. The number of hydrogen-bond acceptors (Lipinski definition) is 4. The Morgan fingerprint density at radius 1 is 0.947 bits per heavy atom. The van der Waals surface area contributed by atoms with Gasteiger partial charge in [0.05, 0.1) is 0 Å². The highest BCUT2D eigenvalue weighted by molar-refractivity contribution is 6.13. The molecule has 19 heavy (non-hydrogen) atoms. The Labute approximate surface area is 113 Å². The number of hydrogen-bond donors (Lipinski definition) is 0. The standard InChI is InChI=1S/C8H10O3.C6H11NO/c9-6-8(7(10)11-6)4-2-1-3-5-8;1-7-5-3-2-4-6(7)8/h1-5H2;2-5H2,1H3. The first-order valence-corrected chi connectivity index (χ1v) is 7.07. The molecule has 1 saturated carbocycles. The first-order valence-electron chi connectivity index (χ1n) is 7.07. The van der Waals surface area contributed by atoms with Gasteiger partial charge >= 0.3 is 11.9 Å². The van der Waals surface area contributed by atoms with Crippen LogP contribution in [0.1, 0.15) is 51.4 Å². The summed E-state index contributed by atoms with van der Waals surface area (Å²) in [6.07, 6.45) is 7.57. The fourth-order valence-electron chi connectivity index (χ4n) is 2.82. The largest absolute Gasteiger partial charge is 0.391 e. The second kappa shape index (κ2) is 5.72. The van der Waals surface area contributed by atoms with Crippen molar-refractivity contribution in [1.82, 2.24) is 4.90 Å². The van der Waals surface area contributed by atoms with Gasteiger partial charge in [-0.15, -0.1) is 0 Å². The van der Waals surface area contributed by atoms with Crippen molar-refractivity contribution in [2.24, 2.45) is 5.41 Å². The highest BCUT2D eigenvalue weighted by Gasteiger charge is 2.58. The molecule has 3 aliphatic rings. The summed E-state index contributed by atoms with van der Waals surface area (Å²) < 4.78 is 4.35. The number of carbonyl (C=O) groups is 3. The molecule has 0 unspecified atom stereocenters. The Kier molecular flexibility index (Phi) is 4.22. The van der Waals surface area contributed by atoms with E-state index in [1.807, 2.05) is 7.05 Å². The fraction of sp³-hybridized carbons (Fsp3) is 0.786. The normalized spacial score (nSPS) is 25.3. The SMILES string of the molecule is CN1CCCCC1=O.O=C1OC(=O)C12CCCCC2. The third-order valence-electron chi connectivity index (χ3n) is 4.23. The summed E-state index contributed by atoms with van der Waals surface area (Å²) in [5, 5.41) is 0. The zero-order chi connectivity index (χ0) is 13.9. The first-order chi connectivity index (χ1) is 9.06. The summed E-state index contributed by atoms with van der Waals surface area (Å²) >= 11 is 0. The van der Waals surface area contributed by atoms with Crippen LogP contribution in [0.15, 0.2) is 0 Å². The van der Waals surface area contributed by atoms with Gasteiger partial charge in [0.15, 0.2) is 5.41 Å². The van der Waals surface area contributed by atoms with Crippen LogP contribution in [0.4, 0.5) is 0 Å². The predicted octanol–water partition coefficient (Wildman–Crippen LogP) is 1.65. The van der Waals surface area contributed by atoms with Crippen molar-refractivity contribution in [2.75, 3.05) is 13.6 Å². The second-order valence-corrected chi connectivity index (χ2v) is 5.59. The van der Waals surface area contributed by atoms with E-state index >= 15 is 0 Å². The molecule has 1 amide bonds. The van der Waals surface area contributed by atoms with E-state index in [1.165, 1.54) is 6.42 Å². The van der Waals surface area contributed by atoms with E-state index in [4.69, 9.17) is 0 Å². The number of nitrogens with zero attached hydrogens (tertiary/aromatic N) is 1. The number of amides is 1. The van der Waals surface area contributed by atoms with E-state index in [1.54, 1.807) is 4.90 Å². The summed E-state index contributed by atoms with van der Waals surface area (Å²) in [6, 6.07) is 0. The van der Waals surface area contributed by atoms with Gasteiger partial charge in [0.1, 0.15) is 0 Å². The summed E-state index contributed by atoms with van der Waals surface area (Å²) in [5.41, 5.74) is -0.682. The Hall–Kier alpha value is -1.39. The van der Waals surface area contributed by atoms with Crippen LogP contribution in [0, 0.1) is 5.41 Å². The molecule has 5 nitrogen and oxygen atoms in total. The molecule has 5 heteroatoms. The summed E-state index contributed by atoms with van der Waals surface area (Å²) in [6.45, 7) is 0.957. The lowest BCUT2D eigenvalue weighted by Gasteiger charge is -2.38. The minimum Gasteiger partial charge on any atom is -0.391 e. The molecular formula is C14H21NO4. The number of piperidine rings is 1. The van der Waals surface area contributed by atoms with E-state index < -0.39 is 5.41 Å². The molecule has 1 spiro atoms. The average molecular weight is 267 g/mol. The highest BCUT2D eigenvalue weighted by atomic mass is 16.6. The Bertz CT molecular complexity index is 369. The van der Waals surface area contributed by atoms with Crippen LogP contribution in [-0.4, -0.2) is 36.3 Å². The first kappa shape index (κ1) is 14.0. The molecule has 2 aliphatic heterocycles. The molecule has 3 fully saturated rings. The predicted molar refractivity (Wildman–Crippen MR) is 68.1 cm³/mol. The van der Waals surface area contributed by atoms with E-state index in [2.05, 4.69) is 4.74 Å². The molecule has 1 aliphatic carbocycles. The van der Waals surface area contributed by atoms with Crippen molar-refractivity contribution in [2.45, 2.75) is 51.4 Å². The van der Waals surface area contributed by atoms with Crippen LogP contribution in [0.3, 0.4) is 0 Å². The van der Waals surface area contributed by atoms with E-state index in [-0.39, 0.29) is 11.9 Å². The maximum absolute atomic E-state index is 11.0. The smallest absolute Gasteiger partial charge is 0.331 e. The van der Waals surface area contributed by atoms with Crippen LogP contribution in [0.25, 0.3) is 0 Å². The zero-order valence-corrected chi connectivity index (χ0v) is 11.4. The van der Waals surface area contributed by atoms with Crippen molar-refractivity contribution in [3.05, 3.63) is 0 Å². The minimum atomic E-state index is -0.682. The van der Waals surface area contributed by atoms with Crippen molar-refractivity contribution < 1.29 is 19.1 Å². The molecule has 0 radical (unpaired) electrons. The molecule has 0 aromatic heterocycles. The minimum absolute atomic E-state index is 0.290. The number of esters is 2. The average Bonchev–Trinajstić information content (AvgIpc) is 2.44. The molecule has 3 rings (SSSR count). The van der Waals surface area contributed by atoms with Gasteiger partial charge in [-0.3, -0.25) is 14.4 Å². The van der Waals surface area contributed by atoms with Gasteiger partial charge in [0.25, 0.3) is 0 Å². The number of rotatable bonds is 0. The quantitative estimate of drug-likeness (QED) is 0.494. The van der Waals surface area contributed by atoms with Crippen molar-refractivity contribution in [3.63, 3.8) is 0 Å². The van der Waals surface area contributed by atoms with E-state index in [9.17, 15) is 14.4 Å². The molecule has 0 aromatic rings. The fourth-order valence-corrected chi connectivity index (χ4v) is 2.82. The number of likely N-dealkylation sites (tertiary alicyclic amines) is 1. The van der Waals surface area contributed by atoms with Gasteiger partial charge in [-0.05, 0) is 25.7 Å². The lowest BCUT2D eigenvalue weighted by molar-refractivity contribution is -0.199. The monoisotopic (exact) mass is 267 g/mol.